The lowest BCUT2D eigenvalue weighted by molar-refractivity contribution is -0.273. The molecule has 6 nitrogen and oxygen atoms in total. The van der Waals surface area contributed by atoms with Crippen molar-refractivity contribution in [3.63, 3.8) is 0 Å². The first-order valence-electron chi connectivity index (χ1n) is 8.89. The van der Waals surface area contributed by atoms with Crippen molar-refractivity contribution in [2.45, 2.75) is 89.9 Å². The summed E-state index contributed by atoms with van der Waals surface area (Å²) in [6.07, 6.45) is 0.924. The van der Waals surface area contributed by atoms with Crippen molar-refractivity contribution < 1.29 is 29.5 Å². The van der Waals surface area contributed by atoms with Gasteiger partial charge in [0.1, 0.15) is 6.10 Å². The maximum atomic E-state index is 9.93. The van der Waals surface area contributed by atoms with Crippen molar-refractivity contribution in [3.8, 4) is 0 Å². The first kappa shape index (κ1) is 19.1. The van der Waals surface area contributed by atoms with Gasteiger partial charge in [0, 0.05) is 18.9 Å². The highest BCUT2D eigenvalue weighted by Gasteiger charge is 2.43. The van der Waals surface area contributed by atoms with Crippen molar-refractivity contribution in [2.24, 2.45) is 11.8 Å². The standard InChI is InChI=1S/C17H32O6/c1-4-7-21-16(20)13-8-12(13)6-5-10(2)22-17-15(19)9-14(18)11(3)23-17/h10-20H,4-9H2,1-3H3/t10-,11+,12-,13-,14-,15-,16?,17-/m1/s1. The van der Waals surface area contributed by atoms with E-state index in [1.807, 2.05) is 13.8 Å². The molecule has 0 aromatic heterocycles. The highest BCUT2D eigenvalue weighted by molar-refractivity contribution is 4.88. The minimum absolute atomic E-state index is 0.0351. The second-order valence-electron chi connectivity index (χ2n) is 7.03. The highest BCUT2D eigenvalue weighted by atomic mass is 16.7. The van der Waals surface area contributed by atoms with Gasteiger partial charge in [-0.3, -0.25) is 0 Å². The molecule has 0 aromatic carbocycles. The Bertz CT molecular complexity index is 352. The second-order valence-corrected chi connectivity index (χ2v) is 7.03. The molecule has 0 aromatic rings. The van der Waals surface area contributed by atoms with Crippen LogP contribution in [0.15, 0.2) is 0 Å². The highest BCUT2D eigenvalue weighted by Crippen LogP contribution is 2.45. The van der Waals surface area contributed by atoms with E-state index in [0.29, 0.717) is 12.5 Å². The molecule has 1 heterocycles. The Morgan fingerprint density at radius 3 is 2.65 bits per heavy atom. The predicted octanol–water partition coefficient (Wildman–Crippen LogP) is 1.41. The van der Waals surface area contributed by atoms with Gasteiger partial charge in [-0.1, -0.05) is 6.92 Å². The fourth-order valence-electron chi connectivity index (χ4n) is 3.13. The first-order valence-corrected chi connectivity index (χ1v) is 8.89. The molecule has 1 unspecified atom stereocenters. The smallest absolute Gasteiger partial charge is 0.184 e. The number of hydrogen-bond acceptors (Lipinski definition) is 6. The van der Waals surface area contributed by atoms with E-state index in [9.17, 15) is 15.3 Å². The fraction of sp³-hybridized carbons (Fsp3) is 1.00. The van der Waals surface area contributed by atoms with Crippen LogP contribution in [-0.2, 0) is 14.2 Å². The van der Waals surface area contributed by atoms with E-state index in [0.717, 1.165) is 25.7 Å². The Morgan fingerprint density at radius 1 is 1.22 bits per heavy atom. The van der Waals surface area contributed by atoms with Crippen LogP contribution in [0.3, 0.4) is 0 Å². The lowest BCUT2D eigenvalue weighted by Crippen LogP contribution is -2.48. The Balaban J connectivity index is 1.63. The quantitative estimate of drug-likeness (QED) is 0.553. The van der Waals surface area contributed by atoms with Gasteiger partial charge in [-0.25, -0.2) is 0 Å². The van der Waals surface area contributed by atoms with Gasteiger partial charge in [-0.05, 0) is 45.4 Å². The van der Waals surface area contributed by atoms with Gasteiger partial charge < -0.3 is 29.5 Å². The van der Waals surface area contributed by atoms with Crippen LogP contribution in [0.2, 0.25) is 0 Å². The minimum atomic E-state index is -0.790. The molecule has 0 radical (unpaired) electrons. The number of aliphatic hydroxyl groups excluding tert-OH is 3. The van der Waals surface area contributed by atoms with E-state index in [2.05, 4.69) is 0 Å². The topological polar surface area (TPSA) is 88.4 Å². The maximum absolute atomic E-state index is 9.93. The third-order valence-electron chi connectivity index (χ3n) is 4.83. The average Bonchev–Trinajstić information content (AvgIpc) is 3.28. The molecule has 23 heavy (non-hydrogen) atoms. The third-order valence-corrected chi connectivity index (χ3v) is 4.83. The van der Waals surface area contributed by atoms with Crippen molar-refractivity contribution in [2.75, 3.05) is 6.61 Å². The summed E-state index contributed by atoms with van der Waals surface area (Å²) < 4.78 is 16.7. The van der Waals surface area contributed by atoms with Gasteiger partial charge in [-0.15, -0.1) is 0 Å². The molecule has 0 bridgehead atoms. The van der Waals surface area contributed by atoms with Gasteiger partial charge >= 0.3 is 0 Å². The number of aliphatic hydroxyl groups is 3. The zero-order valence-corrected chi connectivity index (χ0v) is 14.4. The van der Waals surface area contributed by atoms with E-state index >= 15 is 0 Å². The fourth-order valence-corrected chi connectivity index (χ4v) is 3.13. The van der Waals surface area contributed by atoms with E-state index in [1.54, 1.807) is 6.92 Å². The maximum Gasteiger partial charge on any atom is 0.184 e. The summed E-state index contributed by atoms with van der Waals surface area (Å²) in [5, 5.41) is 29.5. The largest absolute Gasteiger partial charge is 0.390 e. The van der Waals surface area contributed by atoms with Crippen LogP contribution in [0.4, 0.5) is 0 Å². The zero-order valence-electron chi connectivity index (χ0n) is 14.4. The van der Waals surface area contributed by atoms with Crippen LogP contribution in [0.1, 0.15) is 52.9 Å². The lowest BCUT2D eigenvalue weighted by Gasteiger charge is -2.36. The first-order chi connectivity index (χ1) is 10.9. The number of ether oxygens (including phenoxy) is 3. The molecular weight excluding hydrogens is 300 g/mol. The monoisotopic (exact) mass is 332 g/mol. The van der Waals surface area contributed by atoms with Gasteiger partial charge in [-0.2, -0.15) is 0 Å². The number of hydrogen-bond donors (Lipinski definition) is 3. The van der Waals surface area contributed by atoms with Crippen LogP contribution < -0.4 is 0 Å². The van der Waals surface area contributed by atoms with Crippen LogP contribution in [0.25, 0.3) is 0 Å². The normalized spacial score (nSPS) is 39.9. The van der Waals surface area contributed by atoms with E-state index in [4.69, 9.17) is 14.2 Å². The summed E-state index contributed by atoms with van der Waals surface area (Å²) in [4.78, 5) is 0. The minimum Gasteiger partial charge on any atom is -0.390 e. The predicted molar refractivity (Wildman–Crippen MR) is 84.6 cm³/mol. The van der Waals surface area contributed by atoms with Gasteiger partial charge in [0.2, 0.25) is 0 Å². The van der Waals surface area contributed by atoms with Gasteiger partial charge in [0.05, 0.1) is 18.3 Å². The molecule has 8 atom stereocenters. The molecule has 3 N–H and O–H groups in total. The van der Waals surface area contributed by atoms with Gasteiger partial charge in [0.25, 0.3) is 0 Å². The van der Waals surface area contributed by atoms with Crippen molar-refractivity contribution in [1.82, 2.24) is 0 Å². The average molecular weight is 332 g/mol. The van der Waals surface area contributed by atoms with Crippen molar-refractivity contribution in [3.05, 3.63) is 0 Å². The van der Waals surface area contributed by atoms with E-state index in [1.165, 1.54) is 0 Å². The summed E-state index contributed by atoms with van der Waals surface area (Å²) >= 11 is 0. The van der Waals surface area contributed by atoms with Crippen molar-refractivity contribution >= 4 is 0 Å². The molecule has 6 heteroatoms. The summed E-state index contributed by atoms with van der Waals surface area (Å²) in [7, 11) is 0. The summed E-state index contributed by atoms with van der Waals surface area (Å²) in [5.41, 5.74) is 0. The van der Waals surface area contributed by atoms with Crippen LogP contribution in [0, 0.1) is 11.8 Å². The van der Waals surface area contributed by atoms with Crippen LogP contribution in [0.5, 0.6) is 0 Å². The summed E-state index contributed by atoms with van der Waals surface area (Å²) in [5.74, 6) is 0.742. The Labute approximate surface area is 138 Å². The van der Waals surface area contributed by atoms with Gasteiger partial charge in [0.15, 0.2) is 12.6 Å². The van der Waals surface area contributed by atoms with Crippen molar-refractivity contribution in [1.29, 1.82) is 0 Å². The van der Waals surface area contributed by atoms with Crippen LogP contribution in [-0.4, -0.2) is 58.9 Å². The number of rotatable bonds is 9. The second kappa shape index (κ2) is 8.74. The molecular formula is C17H32O6. The molecule has 1 aliphatic carbocycles. The SMILES string of the molecule is CCCOC(O)[C@@H]1C[C@H]1CC[C@@H](C)O[C@@H]1O[C@@H](C)[C@H](O)C[C@H]1O. The molecule has 0 spiro atoms. The molecule has 2 rings (SSSR count). The Kier molecular flexibility index (Phi) is 7.25. The summed E-state index contributed by atoms with van der Waals surface area (Å²) in [6, 6.07) is 0. The molecule has 2 fully saturated rings. The third kappa shape index (κ3) is 5.66. The van der Waals surface area contributed by atoms with Crippen LogP contribution >= 0.6 is 0 Å². The molecule has 1 saturated carbocycles. The van der Waals surface area contributed by atoms with E-state index in [-0.39, 0.29) is 24.5 Å². The molecule has 1 aliphatic heterocycles. The lowest BCUT2D eigenvalue weighted by atomic mass is 10.0. The molecule has 2 aliphatic rings. The molecule has 0 amide bonds. The zero-order chi connectivity index (χ0) is 17.0. The Morgan fingerprint density at radius 2 is 1.96 bits per heavy atom. The molecule has 136 valence electrons. The Hall–Kier alpha value is -0.240. The summed E-state index contributed by atoms with van der Waals surface area (Å²) in [6.45, 7) is 6.37. The van der Waals surface area contributed by atoms with E-state index < -0.39 is 24.8 Å². The molecule has 1 saturated heterocycles.